The fraction of sp³-hybridized carbons (Fsp3) is 0.786. The third kappa shape index (κ3) is 14.1. The SMILES string of the molecule is CCCCCCCCCCCCCCCCCCCCCCc1cc(Br)c(O)c(Br)c1O. The van der Waals surface area contributed by atoms with Gasteiger partial charge < -0.3 is 10.2 Å². The first-order chi connectivity index (χ1) is 15.6. The predicted octanol–water partition coefficient (Wildman–Crippen LogP) is 11.0. The number of rotatable bonds is 21. The number of hydrogen-bond donors (Lipinski definition) is 2. The van der Waals surface area contributed by atoms with Crippen LogP contribution in [-0.4, -0.2) is 10.2 Å². The molecule has 2 nitrogen and oxygen atoms in total. The summed E-state index contributed by atoms with van der Waals surface area (Å²) in [5, 5.41) is 19.9. The fourth-order valence-corrected chi connectivity index (χ4v) is 5.62. The average Bonchev–Trinajstić information content (AvgIpc) is 2.79. The molecule has 0 bridgehead atoms. The van der Waals surface area contributed by atoms with Crippen molar-refractivity contribution in [3.05, 3.63) is 20.6 Å². The van der Waals surface area contributed by atoms with Crippen molar-refractivity contribution in [3.8, 4) is 11.5 Å². The highest BCUT2D eigenvalue weighted by molar-refractivity contribution is 9.11. The number of phenols is 2. The summed E-state index contributed by atoms with van der Waals surface area (Å²) in [4.78, 5) is 0. The van der Waals surface area contributed by atoms with Crippen LogP contribution in [0.3, 0.4) is 0 Å². The topological polar surface area (TPSA) is 40.5 Å². The minimum Gasteiger partial charge on any atom is -0.506 e. The fourth-order valence-electron chi connectivity index (χ4n) is 4.41. The first-order valence-electron chi connectivity index (χ1n) is 13.5. The average molecular weight is 576 g/mol. The van der Waals surface area contributed by atoms with E-state index in [1.807, 2.05) is 6.07 Å². The smallest absolute Gasteiger partial charge is 0.147 e. The monoisotopic (exact) mass is 574 g/mol. The van der Waals surface area contributed by atoms with Gasteiger partial charge in [-0.2, -0.15) is 0 Å². The summed E-state index contributed by atoms with van der Waals surface area (Å²) < 4.78 is 1.01. The van der Waals surface area contributed by atoms with Crippen molar-refractivity contribution in [2.24, 2.45) is 0 Å². The molecule has 1 rings (SSSR count). The van der Waals surface area contributed by atoms with Gasteiger partial charge >= 0.3 is 0 Å². The molecule has 0 aliphatic carbocycles. The second kappa shape index (κ2) is 20.2. The number of aryl methyl sites for hydroxylation is 1. The van der Waals surface area contributed by atoms with Gasteiger partial charge in [0, 0.05) is 0 Å². The van der Waals surface area contributed by atoms with E-state index in [0.717, 1.165) is 18.4 Å². The van der Waals surface area contributed by atoms with Gasteiger partial charge in [-0.1, -0.05) is 129 Å². The lowest BCUT2D eigenvalue weighted by molar-refractivity contribution is 0.436. The molecule has 0 aliphatic heterocycles. The van der Waals surface area contributed by atoms with Crippen molar-refractivity contribution in [2.45, 2.75) is 142 Å². The number of phenolic OH excluding ortho intramolecular Hbond substituents is 2. The van der Waals surface area contributed by atoms with E-state index in [0.29, 0.717) is 8.95 Å². The Labute approximate surface area is 215 Å². The van der Waals surface area contributed by atoms with Crippen molar-refractivity contribution >= 4 is 31.9 Å². The minimum atomic E-state index is 0.0646. The molecule has 0 saturated heterocycles. The highest BCUT2D eigenvalue weighted by Crippen LogP contribution is 2.41. The van der Waals surface area contributed by atoms with Gasteiger partial charge in [-0.3, -0.25) is 0 Å². The first-order valence-corrected chi connectivity index (χ1v) is 15.0. The molecule has 0 aliphatic rings. The third-order valence-corrected chi connectivity index (χ3v) is 7.90. The lowest BCUT2D eigenvalue weighted by Crippen LogP contribution is -1.90. The Kier molecular flexibility index (Phi) is 18.8. The van der Waals surface area contributed by atoms with Crippen LogP contribution in [0.2, 0.25) is 0 Å². The van der Waals surface area contributed by atoms with Crippen molar-refractivity contribution in [2.75, 3.05) is 0 Å². The Balaban J connectivity index is 1.82. The normalized spacial score (nSPS) is 11.3. The summed E-state index contributed by atoms with van der Waals surface area (Å²) >= 11 is 6.59. The van der Waals surface area contributed by atoms with Crippen LogP contribution in [0, 0.1) is 0 Å². The Hall–Kier alpha value is -0.220. The molecule has 0 fully saturated rings. The maximum absolute atomic E-state index is 10.1. The summed E-state index contributed by atoms with van der Waals surface area (Å²) in [6, 6.07) is 1.82. The number of hydrogen-bond acceptors (Lipinski definition) is 2. The highest BCUT2D eigenvalue weighted by atomic mass is 79.9. The molecule has 0 amide bonds. The predicted molar refractivity (Wildman–Crippen MR) is 147 cm³/mol. The molecular formula is C28H48Br2O2. The van der Waals surface area contributed by atoms with Gasteiger partial charge in [0.2, 0.25) is 0 Å². The number of halogens is 2. The van der Waals surface area contributed by atoms with Crippen LogP contribution in [-0.2, 0) is 6.42 Å². The molecule has 0 saturated carbocycles. The molecule has 0 radical (unpaired) electrons. The zero-order valence-electron chi connectivity index (χ0n) is 20.6. The highest BCUT2D eigenvalue weighted by Gasteiger charge is 2.13. The molecule has 0 atom stereocenters. The van der Waals surface area contributed by atoms with Gasteiger partial charge in [0.1, 0.15) is 16.0 Å². The summed E-state index contributed by atoms with van der Waals surface area (Å²) in [5.41, 5.74) is 0.893. The minimum absolute atomic E-state index is 0.0646. The van der Waals surface area contributed by atoms with Crippen molar-refractivity contribution in [1.29, 1.82) is 0 Å². The van der Waals surface area contributed by atoms with E-state index in [1.54, 1.807) is 0 Å². The Bertz CT molecular complexity index is 589. The van der Waals surface area contributed by atoms with E-state index in [4.69, 9.17) is 0 Å². The maximum Gasteiger partial charge on any atom is 0.147 e. The molecule has 32 heavy (non-hydrogen) atoms. The summed E-state index contributed by atoms with van der Waals surface area (Å²) in [5.74, 6) is 0.234. The van der Waals surface area contributed by atoms with E-state index >= 15 is 0 Å². The van der Waals surface area contributed by atoms with Gasteiger partial charge in [0.25, 0.3) is 0 Å². The zero-order chi connectivity index (χ0) is 23.4. The van der Waals surface area contributed by atoms with Gasteiger partial charge in [-0.25, -0.2) is 0 Å². The second-order valence-corrected chi connectivity index (χ2v) is 11.1. The Morgan fingerprint density at radius 3 is 1.25 bits per heavy atom. The van der Waals surface area contributed by atoms with Crippen LogP contribution in [0.25, 0.3) is 0 Å². The molecule has 1 aromatic rings. The van der Waals surface area contributed by atoms with E-state index in [1.165, 1.54) is 122 Å². The largest absolute Gasteiger partial charge is 0.506 e. The van der Waals surface area contributed by atoms with Crippen molar-refractivity contribution < 1.29 is 10.2 Å². The molecule has 186 valence electrons. The molecule has 0 aromatic heterocycles. The van der Waals surface area contributed by atoms with E-state index in [2.05, 4.69) is 38.8 Å². The first kappa shape index (κ1) is 29.8. The summed E-state index contributed by atoms with van der Waals surface area (Å²) in [6.45, 7) is 2.29. The van der Waals surface area contributed by atoms with Gasteiger partial charge in [-0.05, 0) is 56.3 Å². The van der Waals surface area contributed by atoms with Crippen LogP contribution >= 0.6 is 31.9 Å². The lowest BCUT2D eigenvalue weighted by Gasteiger charge is -2.09. The number of aromatic hydroxyl groups is 2. The van der Waals surface area contributed by atoms with Crippen LogP contribution in [0.5, 0.6) is 11.5 Å². The van der Waals surface area contributed by atoms with Crippen LogP contribution in [0.4, 0.5) is 0 Å². The molecular weight excluding hydrogens is 528 g/mol. The van der Waals surface area contributed by atoms with Crippen LogP contribution < -0.4 is 0 Å². The molecule has 2 N–H and O–H groups in total. The van der Waals surface area contributed by atoms with Gasteiger partial charge in [-0.15, -0.1) is 0 Å². The number of benzene rings is 1. The summed E-state index contributed by atoms with van der Waals surface area (Å²) in [6.07, 6.45) is 28.6. The quantitative estimate of drug-likeness (QED) is 0.143. The van der Waals surface area contributed by atoms with E-state index in [9.17, 15) is 10.2 Å². The standard InChI is InChI=1S/C28H48Br2O2/c1-2-3-4-5-6-7-8-9-10-11-12-13-14-15-16-17-18-19-20-21-22-24-23-25(29)28(32)26(30)27(24)31/h23,31-32H,2-22H2,1H3. The Morgan fingerprint density at radius 2 is 0.875 bits per heavy atom. The maximum atomic E-state index is 10.1. The van der Waals surface area contributed by atoms with E-state index in [-0.39, 0.29) is 11.5 Å². The van der Waals surface area contributed by atoms with Gasteiger partial charge in [0.15, 0.2) is 0 Å². The zero-order valence-corrected chi connectivity index (χ0v) is 23.7. The van der Waals surface area contributed by atoms with Crippen LogP contribution in [0.1, 0.15) is 141 Å². The van der Waals surface area contributed by atoms with E-state index < -0.39 is 0 Å². The van der Waals surface area contributed by atoms with Crippen molar-refractivity contribution in [1.82, 2.24) is 0 Å². The van der Waals surface area contributed by atoms with Gasteiger partial charge in [0.05, 0.1) is 4.47 Å². The number of unbranched alkanes of at least 4 members (excludes halogenated alkanes) is 19. The lowest BCUT2D eigenvalue weighted by atomic mass is 10.0. The van der Waals surface area contributed by atoms with Crippen molar-refractivity contribution in [3.63, 3.8) is 0 Å². The molecule has 1 aromatic carbocycles. The summed E-state index contributed by atoms with van der Waals surface area (Å²) in [7, 11) is 0. The molecule has 0 unspecified atom stereocenters. The molecule has 0 heterocycles. The molecule has 0 spiro atoms. The second-order valence-electron chi connectivity index (χ2n) is 9.50. The van der Waals surface area contributed by atoms with Crippen LogP contribution in [0.15, 0.2) is 15.0 Å². The third-order valence-electron chi connectivity index (χ3n) is 6.55. The Morgan fingerprint density at radius 1 is 0.531 bits per heavy atom. The molecule has 4 heteroatoms.